The Kier molecular flexibility index (Phi) is 7.42. The number of fused-ring (bicyclic) bond motifs is 2. The number of carbonyl (C=O) groups excluding carboxylic acids is 1. The van der Waals surface area contributed by atoms with Crippen molar-refractivity contribution in [2.24, 2.45) is 4.99 Å². The van der Waals surface area contributed by atoms with Gasteiger partial charge in [0.15, 0.2) is 0 Å². The summed E-state index contributed by atoms with van der Waals surface area (Å²) in [5.41, 5.74) is 6.32. The molecule has 2 aliphatic rings. The summed E-state index contributed by atoms with van der Waals surface area (Å²) in [7, 11) is 0. The Morgan fingerprint density at radius 1 is 1.18 bits per heavy atom. The lowest BCUT2D eigenvalue weighted by Crippen LogP contribution is -2.39. The summed E-state index contributed by atoms with van der Waals surface area (Å²) in [5.74, 6) is -2.92. The highest BCUT2D eigenvalue weighted by molar-refractivity contribution is 6.07. The van der Waals surface area contributed by atoms with E-state index in [1.54, 1.807) is 24.5 Å². The highest BCUT2D eigenvalue weighted by Gasteiger charge is 2.34. The van der Waals surface area contributed by atoms with E-state index in [0.29, 0.717) is 37.6 Å². The Balaban J connectivity index is 0.000000983. The van der Waals surface area contributed by atoms with Crippen LogP contribution in [0.3, 0.4) is 0 Å². The number of amides is 1. The Labute approximate surface area is 222 Å². The van der Waals surface area contributed by atoms with Gasteiger partial charge in [0.1, 0.15) is 11.3 Å². The SMILES string of the molecule is O=C(Nc1cc(-c2ccnc3[nH]ccc23)cc2c1C=NC2)c1cccc(CN2CCC(F)(F)CC2)n1.O=CO. The van der Waals surface area contributed by atoms with Gasteiger partial charge >= 0.3 is 0 Å². The van der Waals surface area contributed by atoms with Crippen molar-refractivity contribution in [3.63, 3.8) is 0 Å². The Morgan fingerprint density at radius 2 is 1.97 bits per heavy atom. The molecule has 0 radical (unpaired) electrons. The molecular formula is C28H26F2N6O3. The highest BCUT2D eigenvalue weighted by Crippen LogP contribution is 2.34. The van der Waals surface area contributed by atoms with Crippen LogP contribution in [-0.4, -0.2) is 62.6 Å². The number of hydrogen-bond donors (Lipinski definition) is 3. The van der Waals surface area contributed by atoms with Gasteiger partial charge in [-0.15, -0.1) is 0 Å². The standard InChI is InChI=1S/C27H24F2N6O.CH2O2/c28-27(29)6-10-35(11-7-27)16-19-2-1-3-23(33-19)26(36)34-24-13-17(12-18-14-30-15-22(18)24)20-4-8-31-25-21(20)5-9-32-25;2-1-3/h1-5,8-9,12-13,15H,6-7,10-11,14,16H2,(H,31,32)(H,34,36);1H,(H,2,3). The van der Waals surface area contributed by atoms with Crippen molar-refractivity contribution < 1.29 is 23.5 Å². The first kappa shape index (κ1) is 26.1. The molecule has 3 N–H and O–H groups in total. The van der Waals surface area contributed by atoms with Gasteiger partial charge in [0, 0.05) is 62.0 Å². The topological polar surface area (TPSA) is 124 Å². The van der Waals surface area contributed by atoms with Gasteiger partial charge in [-0.3, -0.25) is 19.5 Å². The second-order valence-electron chi connectivity index (χ2n) is 9.37. The fourth-order valence-electron chi connectivity index (χ4n) is 4.85. The molecular weight excluding hydrogens is 506 g/mol. The van der Waals surface area contributed by atoms with Crippen LogP contribution in [0.5, 0.6) is 0 Å². The zero-order valence-corrected chi connectivity index (χ0v) is 20.9. The Morgan fingerprint density at radius 3 is 2.77 bits per heavy atom. The minimum atomic E-state index is -2.59. The van der Waals surface area contributed by atoms with Crippen LogP contribution in [0.25, 0.3) is 22.2 Å². The Bertz CT molecular complexity index is 1540. The summed E-state index contributed by atoms with van der Waals surface area (Å²) in [4.78, 5) is 39.9. The van der Waals surface area contributed by atoms with Crippen molar-refractivity contribution in [1.29, 1.82) is 0 Å². The lowest BCUT2D eigenvalue weighted by molar-refractivity contribution is -0.122. The monoisotopic (exact) mass is 532 g/mol. The quantitative estimate of drug-likeness (QED) is 0.319. The van der Waals surface area contributed by atoms with E-state index in [0.717, 1.165) is 33.3 Å². The molecule has 9 nitrogen and oxygen atoms in total. The number of carbonyl (C=O) groups is 2. The number of pyridine rings is 2. The predicted octanol–water partition coefficient (Wildman–Crippen LogP) is 4.74. The van der Waals surface area contributed by atoms with Crippen molar-refractivity contribution >= 4 is 35.3 Å². The smallest absolute Gasteiger partial charge is 0.290 e. The molecule has 1 saturated heterocycles. The van der Waals surface area contributed by atoms with Crippen molar-refractivity contribution in [1.82, 2.24) is 19.9 Å². The van der Waals surface area contributed by atoms with Crippen LogP contribution in [0.2, 0.25) is 0 Å². The van der Waals surface area contributed by atoms with E-state index in [4.69, 9.17) is 9.90 Å². The minimum absolute atomic E-state index is 0.150. The number of nitrogens with one attached hydrogen (secondary N) is 2. The highest BCUT2D eigenvalue weighted by atomic mass is 19.3. The molecule has 5 heterocycles. The van der Waals surface area contributed by atoms with Gasteiger partial charge in [0.25, 0.3) is 18.3 Å². The summed E-state index contributed by atoms with van der Waals surface area (Å²) < 4.78 is 27.0. The number of rotatable bonds is 5. The van der Waals surface area contributed by atoms with E-state index in [9.17, 15) is 13.6 Å². The number of benzene rings is 1. The zero-order valence-electron chi connectivity index (χ0n) is 20.9. The maximum atomic E-state index is 13.5. The fraction of sp³-hybridized carbons (Fsp3) is 0.250. The average molecular weight is 533 g/mol. The van der Waals surface area contributed by atoms with E-state index in [1.807, 2.05) is 35.4 Å². The van der Waals surface area contributed by atoms with Crippen molar-refractivity contribution in [3.8, 4) is 11.1 Å². The molecule has 1 fully saturated rings. The van der Waals surface area contributed by atoms with Gasteiger partial charge in [-0.25, -0.2) is 18.7 Å². The number of hydrogen-bond acceptors (Lipinski definition) is 6. The van der Waals surface area contributed by atoms with Crippen LogP contribution >= 0.6 is 0 Å². The van der Waals surface area contributed by atoms with E-state index < -0.39 is 5.92 Å². The number of aromatic amines is 1. The van der Waals surface area contributed by atoms with Gasteiger partial charge < -0.3 is 15.4 Å². The van der Waals surface area contributed by atoms with Crippen LogP contribution in [0.15, 0.2) is 59.9 Å². The third-order valence-corrected chi connectivity index (χ3v) is 6.78. The third kappa shape index (κ3) is 5.83. The number of anilines is 1. The van der Waals surface area contributed by atoms with E-state index in [-0.39, 0.29) is 30.9 Å². The van der Waals surface area contributed by atoms with Crippen LogP contribution in [0, 0.1) is 0 Å². The largest absolute Gasteiger partial charge is 0.483 e. The number of nitrogens with zero attached hydrogens (tertiary/aromatic N) is 4. The number of aromatic nitrogens is 3. The lowest BCUT2D eigenvalue weighted by Gasteiger charge is -2.31. The first-order valence-electron chi connectivity index (χ1n) is 12.4. The van der Waals surface area contributed by atoms with Gasteiger partial charge in [0.2, 0.25) is 0 Å². The average Bonchev–Trinajstić information content (AvgIpc) is 3.60. The molecule has 0 bridgehead atoms. The van der Waals surface area contributed by atoms with Gasteiger partial charge in [0.05, 0.1) is 17.9 Å². The molecule has 2 aliphatic heterocycles. The Hall–Kier alpha value is -4.51. The second-order valence-corrected chi connectivity index (χ2v) is 9.37. The number of halogens is 2. The first-order chi connectivity index (χ1) is 18.9. The molecule has 0 unspecified atom stereocenters. The summed E-state index contributed by atoms with van der Waals surface area (Å²) in [6.07, 6.45) is 5.10. The number of piperidine rings is 1. The molecule has 0 spiro atoms. The molecule has 1 aromatic carbocycles. The summed E-state index contributed by atoms with van der Waals surface area (Å²) in [5, 5.41) is 10.9. The van der Waals surface area contributed by atoms with Crippen LogP contribution in [-0.2, 0) is 17.9 Å². The molecule has 4 aromatic rings. The normalized spacial score (nSPS) is 15.8. The second kappa shape index (κ2) is 11.1. The molecule has 0 aliphatic carbocycles. The summed E-state index contributed by atoms with van der Waals surface area (Å²) >= 11 is 0. The van der Waals surface area contributed by atoms with Crippen LogP contribution in [0.1, 0.15) is 40.2 Å². The molecule has 11 heteroatoms. The van der Waals surface area contributed by atoms with Crippen molar-refractivity contribution in [2.75, 3.05) is 18.4 Å². The zero-order chi connectivity index (χ0) is 27.4. The van der Waals surface area contributed by atoms with Crippen LogP contribution < -0.4 is 5.32 Å². The molecule has 0 atom stereocenters. The predicted molar refractivity (Wildman–Crippen MR) is 143 cm³/mol. The van der Waals surface area contributed by atoms with Gasteiger partial charge in [-0.1, -0.05) is 6.07 Å². The molecule has 6 rings (SSSR count). The number of H-pyrrole nitrogens is 1. The maximum Gasteiger partial charge on any atom is 0.290 e. The number of alkyl halides is 2. The van der Waals surface area contributed by atoms with Gasteiger partial charge in [-0.2, -0.15) is 0 Å². The minimum Gasteiger partial charge on any atom is -0.483 e. The lowest BCUT2D eigenvalue weighted by atomic mass is 9.97. The van der Waals surface area contributed by atoms with Crippen molar-refractivity contribution in [2.45, 2.75) is 31.9 Å². The van der Waals surface area contributed by atoms with E-state index >= 15 is 0 Å². The van der Waals surface area contributed by atoms with Gasteiger partial charge in [-0.05, 0) is 53.1 Å². The molecule has 3 aromatic heterocycles. The fourth-order valence-corrected chi connectivity index (χ4v) is 4.85. The number of likely N-dealkylation sites (tertiary alicyclic amines) is 1. The molecule has 0 saturated carbocycles. The summed E-state index contributed by atoms with van der Waals surface area (Å²) in [6, 6.07) is 13.2. The number of carboxylic acid groups (broad SMARTS) is 1. The first-order valence-corrected chi connectivity index (χ1v) is 12.4. The van der Waals surface area contributed by atoms with Crippen LogP contribution in [0.4, 0.5) is 14.5 Å². The van der Waals surface area contributed by atoms with E-state index in [1.165, 1.54) is 0 Å². The maximum absolute atomic E-state index is 13.5. The molecule has 200 valence electrons. The molecule has 39 heavy (non-hydrogen) atoms. The van der Waals surface area contributed by atoms with E-state index in [2.05, 4.69) is 31.3 Å². The number of aliphatic imine (C=N–C) groups is 1. The van der Waals surface area contributed by atoms with Crippen molar-refractivity contribution in [3.05, 3.63) is 77.4 Å². The summed E-state index contributed by atoms with van der Waals surface area (Å²) in [6.45, 7) is 1.36. The molecule has 1 amide bonds. The third-order valence-electron chi connectivity index (χ3n) is 6.78.